The van der Waals surface area contributed by atoms with Crippen molar-refractivity contribution in [2.24, 2.45) is 0 Å². The molecule has 3 aromatic rings. The molecule has 0 radical (unpaired) electrons. The molecule has 2 heterocycles. The topological polar surface area (TPSA) is 80.1 Å². The Morgan fingerprint density at radius 1 is 1.10 bits per heavy atom. The molecule has 160 valence electrons. The lowest BCUT2D eigenvalue weighted by atomic mass is 10.1. The Kier molecular flexibility index (Phi) is 6.40. The van der Waals surface area contributed by atoms with E-state index in [1.54, 1.807) is 10.9 Å². The molecule has 0 bridgehead atoms. The summed E-state index contributed by atoms with van der Waals surface area (Å²) in [5.41, 5.74) is 3.51. The fourth-order valence-corrected chi connectivity index (χ4v) is 4.00. The lowest BCUT2D eigenvalue weighted by molar-refractivity contribution is -0.131. The van der Waals surface area contributed by atoms with Crippen LogP contribution < -0.4 is 5.32 Å². The molecule has 1 fully saturated rings. The van der Waals surface area contributed by atoms with E-state index in [-0.39, 0.29) is 23.6 Å². The number of carbonyl (C=O) groups excluding carboxylic acids is 2. The van der Waals surface area contributed by atoms with Crippen molar-refractivity contribution in [3.05, 3.63) is 83.2 Å². The van der Waals surface area contributed by atoms with Crippen molar-refractivity contribution in [2.75, 3.05) is 6.54 Å². The summed E-state index contributed by atoms with van der Waals surface area (Å²) in [6.07, 6.45) is 3.97. The van der Waals surface area contributed by atoms with Gasteiger partial charge >= 0.3 is 0 Å². The molecule has 0 aliphatic carbocycles. The first-order valence-corrected chi connectivity index (χ1v) is 10.7. The summed E-state index contributed by atoms with van der Waals surface area (Å²) in [5.74, 6) is -0.119. The van der Waals surface area contributed by atoms with Gasteiger partial charge in [0.05, 0.1) is 25.2 Å². The van der Waals surface area contributed by atoms with Gasteiger partial charge in [-0.15, -0.1) is 5.10 Å². The Bertz CT molecular complexity index is 1050. The van der Waals surface area contributed by atoms with Crippen molar-refractivity contribution in [1.29, 1.82) is 0 Å². The number of aromatic nitrogens is 3. The number of nitrogens with one attached hydrogen (secondary N) is 1. The summed E-state index contributed by atoms with van der Waals surface area (Å²) in [7, 11) is 0. The van der Waals surface area contributed by atoms with Gasteiger partial charge in [-0.2, -0.15) is 0 Å². The molecule has 7 nitrogen and oxygen atoms in total. The molecule has 1 atom stereocenters. The molecule has 0 spiro atoms. The van der Waals surface area contributed by atoms with Crippen molar-refractivity contribution >= 4 is 11.8 Å². The number of carbonyl (C=O) groups is 2. The van der Waals surface area contributed by atoms with Crippen LogP contribution in [0.5, 0.6) is 0 Å². The number of likely N-dealkylation sites (tertiary alicyclic amines) is 1. The normalized spacial score (nSPS) is 15.8. The first-order valence-electron chi connectivity index (χ1n) is 10.7. The van der Waals surface area contributed by atoms with Crippen LogP contribution in [0.15, 0.2) is 60.8 Å². The molecule has 4 rings (SSSR count). The minimum Gasteiger partial charge on any atom is -0.347 e. The van der Waals surface area contributed by atoms with E-state index in [0.29, 0.717) is 19.5 Å². The molecular weight excluding hydrogens is 390 g/mol. The van der Waals surface area contributed by atoms with E-state index in [1.165, 1.54) is 0 Å². The summed E-state index contributed by atoms with van der Waals surface area (Å²) >= 11 is 0. The fourth-order valence-electron chi connectivity index (χ4n) is 4.00. The largest absolute Gasteiger partial charge is 0.347 e. The van der Waals surface area contributed by atoms with Crippen LogP contribution in [0.1, 0.15) is 40.0 Å². The van der Waals surface area contributed by atoms with Crippen molar-refractivity contribution in [3.8, 4) is 0 Å². The third-order valence-corrected chi connectivity index (χ3v) is 5.77. The second kappa shape index (κ2) is 9.55. The average Bonchev–Trinajstić information content (AvgIpc) is 3.44. The van der Waals surface area contributed by atoms with Gasteiger partial charge in [-0.25, -0.2) is 4.68 Å². The number of hydrogen-bond acceptors (Lipinski definition) is 4. The average molecular weight is 418 g/mol. The molecule has 0 unspecified atom stereocenters. The van der Waals surface area contributed by atoms with E-state index in [2.05, 4.69) is 15.6 Å². The summed E-state index contributed by atoms with van der Waals surface area (Å²) in [6, 6.07) is 17.8. The predicted octanol–water partition coefficient (Wildman–Crippen LogP) is 2.75. The van der Waals surface area contributed by atoms with Gasteiger partial charge in [0.25, 0.3) is 5.91 Å². The number of benzene rings is 2. The highest BCUT2D eigenvalue weighted by Crippen LogP contribution is 2.21. The SMILES string of the molecule is Cc1ccccc1CC(=O)N1CCC[C@H]1Cn1cc(C(=O)NCc2ccccc2)nn1. The molecule has 0 saturated carbocycles. The second-order valence-corrected chi connectivity index (χ2v) is 7.98. The maximum Gasteiger partial charge on any atom is 0.273 e. The monoisotopic (exact) mass is 417 g/mol. The zero-order valence-corrected chi connectivity index (χ0v) is 17.7. The van der Waals surface area contributed by atoms with Gasteiger partial charge in [-0.1, -0.05) is 59.8 Å². The van der Waals surface area contributed by atoms with Crippen LogP contribution >= 0.6 is 0 Å². The summed E-state index contributed by atoms with van der Waals surface area (Å²) < 4.78 is 1.67. The Morgan fingerprint density at radius 2 is 1.87 bits per heavy atom. The molecule has 1 saturated heterocycles. The van der Waals surface area contributed by atoms with Gasteiger partial charge in [0, 0.05) is 13.1 Å². The molecule has 2 amide bonds. The highest BCUT2D eigenvalue weighted by Gasteiger charge is 2.29. The van der Waals surface area contributed by atoms with Gasteiger partial charge in [0.2, 0.25) is 5.91 Å². The molecule has 2 aromatic carbocycles. The Morgan fingerprint density at radius 3 is 2.68 bits per heavy atom. The lowest BCUT2D eigenvalue weighted by Crippen LogP contribution is -2.39. The van der Waals surface area contributed by atoms with Crippen molar-refractivity contribution in [2.45, 2.75) is 45.3 Å². The van der Waals surface area contributed by atoms with E-state index < -0.39 is 0 Å². The molecule has 1 aromatic heterocycles. The molecular formula is C24H27N5O2. The zero-order valence-electron chi connectivity index (χ0n) is 17.7. The Hall–Kier alpha value is -3.48. The van der Waals surface area contributed by atoms with E-state index in [9.17, 15) is 9.59 Å². The number of hydrogen-bond donors (Lipinski definition) is 1. The Labute approximate surface area is 182 Å². The highest BCUT2D eigenvalue weighted by molar-refractivity contribution is 5.91. The van der Waals surface area contributed by atoms with Crippen molar-refractivity contribution in [1.82, 2.24) is 25.2 Å². The van der Waals surface area contributed by atoms with Crippen LogP contribution in [0.2, 0.25) is 0 Å². The van der Waals surface area contributed by atoms with E-state index in [0.717, 1.165) is 36.1 Å². The summed E-state index contributed by atoms with van der Waals surface area (Å²) in [4.78, 5) is 27.2. The number of rotatable bonds is 7. The van der Waals surface area contributed by atoms with Crippen LogP contribution in [-0.4, -0.2) is 44.3 Å². The van der Waals surface area contributed by atoms with E-state index in [4.69, 9.17) is 0 Å². The highest BCUT2D eigenvalue weighted by atomic mass is 16.2. The molecule has 1 N–H and O–H groups in total. The standard InChI is InChI=1S/C24H27N5O2/c1-18-8-5-6-11-20(18)14-23(30)29-13-7-12-21(29)16-28-17-22(26-27-28)24(31)25-15-19-9-3-2-4-10-19/h2-6,8-11,17,21H,7,12-16H2,1H3,(H,25,31)/t21-/m0/s1. The molecule has 1 aliphatic heterocycles. The third-order valence-electron chi connectivity index (χ3n) is 5.77. The quantitative estimate of drug-likeness (QED) is 0.641. The van der Waals surface area contributed by atoms with Crippen molar-refractivity contribution < 1.29 is 9.59 Å². The summed E-state index contributed by atoms with van der Waals surface area (Å²) in [6.45, 7) is 3.77. The van der Waals surface area contributed by atoms with E-state index >= 15 is 0 Å². The van der Waals surface area contributed by atoms with Crippen LogP contribution in [0.25, 0.3) is 0 Å². The second-order valence-electron chi connectivity index (χ2n) is 7.98. The predicted molar refractivity (Wildman–Crippen MR) is 117 cm³/mol. The van der Waals surface area contributed by atoms with Crippen LogP contribution in [0.3, 0.4) is 0 Å². The van der Waals surface area contributed by atoms with Crippen molar-refractivity contribution in [3.63, 3.8) is 0 Å². The number of aryl methyl sites for hydroxylation is 1. The smallest absolute Gasteiger partial charge is 0.273 e. The number of amides is 2. The first-order chi connectivity index (χ1) is 15.1. The minimum atomic E-state index is -0.256. The van der Waals surface area contributed by atoms with Gasteiger partial charge < -0.3 is 10.2 Å². The maximum absolute atomic E-state index is 12.9. The van der Waals surface area contributed by atoms with Gasteiger partial charge in [-0.05, 0) is 36.5 Å². The molecule has 7 heteroatoms. The lowest BCUT2D eigenvalue weighted by Gasteiger charge is -2.25. The van der Waals surface area contributed by atoms with Crippen LogP contribution in [0, 0.1) is 6.92 Å². The number of nitrogens with zero attached hydrogens (tertiary/aromatic N) is 4. The molecule has 31 heavy (non-hydrogen) atoms. The van der Waals surface area contributed by atoms with Gasteiger partial charge in [-0.3, -0.25) is 9.59 Å². The Balaban J connectivity index is 1.34. The minimum absolute atomic E-state index is 0.0680. The first kappa shape index (κ1) is 20.8. The maximum atomic E-state index is 12.9. The van der Waals surface area contributed by atoms with Crippen LogP contribution in [0.4, 0.5) is 0 Å². The molecule has 1 aliphatic rings. The zero-order chi connectivity index (χ0) is 21.6. The van der Waals surface area contributed by atoms with E-state index in [1.807, 2.05) is 66.4 Å². The van der Waals surface area contributed by atoms with Gasteiger partial charge in [0.15, 0.2) is 5.69 Å². The van der Waals surface area contributed by atoms with Gasteiger partial charge in [0.1, 0.15) is 0 Å². The third kappa shape index (κ3) is 5.17. The fraction of sp³-hybridized carbons (Fsp3) is 0.333. The summed E-state index contributed by atoms with van der Waals surface area (Å²) in [5, 5.41) is 11.0. The van der Waals surface area contributed by atoms with Crippen LogP contribution in [-0.2, 0) is 24.3 Å².